The Kier molecular flexibility index (Phi) is 6.74. The highest BCUT2D eigenvalue weighted by molar-refractivity contribution is 5.82. The van der Waals surface area contributed by atoms with Gasteiger partial charge in [-0.3, -0.25) is 4.79 Å². The Bertz CT molecular complexity index is 1390. The summed E-state index contributed by atoms with van der Waals surface area (Å²) in [6.45, 7) is 1.16. The number of esters is 1. The first kappa shape index (κ1) is 23.6. The van der Waals surface area contributed by atoms with Crippen LogP contribution in [-0.2, 0) is 16.1 Å². The minimum absolute atomic E-state index is 0.0982. The summed E-state index contributed by atoms with van der Waals surface area (Å²) in [5, 5.41) is 23.8. The second kappa shape index (κ2) is 10.3. The van der Waals surface area contributed by atoms with E-state index in [0.717, 1.165) is 18.4 Å². The molecule has 0 saturated carbocycles. The van der Waals surface area contributed by atoms with Gasteiger partial charge in [0.05, 0.1) is 42.2 Å². The predicted molar refractivity (Wildman–Crippen MR) is 133 cm³/mol. The summed E-state index contributed by atoms with van der Waals surface area (Å²) >= 11 is 0. The lowest BCUT2D eigenvalue weighted by atomic mass is 9.93. The van der Waals surface area contributed by atoms with E-state index in [4.69, 9.17) is 4.74 Å². The molecule has 4 aromatic rings. The van der Waals surface area contributed by atoms with Crippen LogP contribution in [-0.4, -0.2) is 57.1 Å². The van der Waals surface area contributed by atoms with Crippen LogP contribution in [0.1, 0.15) is 12.1 Å². The van der Waals surface area contributed by atoms with Gasteiger partial charge in [0.2, 0.25) is 0 Å². The molecular formula is C25H26FN7O3. The number of methoxy groups -OCH3 is 1. The van der Waals surface area contributed by atoms with E-state index in [-0.39, 0.29) is 30.2 Å². The minimum atomic E-state index is -0.474. The number of ether oxygens (including phenoxy) is 1. The van der Waals surface area contributed by atoms with Gasteiger partial charge in [-0.2, -0.15) is 5.10 Å². The van der Waals surface area contributed by atoms with Crippen molar-refractivity contribution < 1.29 is 19.0 Å². The summed E-state index contributed by atoms with van der Waals surface area (Å²) in [4.78, 5) is 21.2. The Hall–Kier alpha value is -4.09. The summed E-state index contributed by atoms with van der Waals surface area (Å²) < 4.78 is 21.3. The second-order valence-electron chi connectivity index (χ2n) is 8.53. The molecule has 186 valence electrons. The maximum atomic E-state index is 14.8. The summed E-state index contributed by atoms with van der Waals surface area (Å²) in [6, 6.07) is 11.7. The van der Waals surface area contributed by atoms with Crippen LogP contribution in [0.2, 0.25) is 0 Å². The van der Waals surface area contributed by atoms with Crippen LogP contribution in [0.3, 0.4) is 0 Å². The lowest BCUT2D eigenvalue weighted by molar-refractivity contribution is -0.146. The van der Waals surface area contributed by atoms with Gasteiger partial charge in [-0.25, -0.2) is 19.0 Å². The van der Waals surface area contributed by atoms with E-state index in [2.05, 4.69) is 31.0 Å². The maximum absolute atomic E-state index is 14.8. The Morgan fingerprint density at radius 2 is 2.14 bits per heavy atom. The third-order valence-corrected chi connectivity index (χ3v) is 6.18. The summed E-state index contributed by atoms with van der Waals surface area (Å²) in [5.74, 6) is 0.0373. The second-order valence-corrected chi connectivity index (χ2v) is 8.53. The Morgan fingerprint density at radius 1 is 1.25 bits per heavy atom. The summed E-state index contributed by atoms with van der Waals surface area (Å²) in [6.07, 6.45) is 4.09. The fourth-order valence-electron chi connectivity index (χ4n) is 4.26. The number of pyridine rings is 2. The molecule has 0 unspecified atom stereocenters. The molecule has 2 atom stereocenters. The van der Waals surface area contributed by atoms with E-state index in [1.54, 1.807) is 36.7 Å². The number of halogens is 1. The van der Waals surface area contributed by atoms with Gasteiger partial charge in [0.25, 0.3) is 0 Å². The molecule has 0 radical (unpaired) electrons. The first-order chi connectivity index (χ1) is 17.5. The van der Waals surface area contributed by atoms with E-state index >= 15 is 0 Å². The first-order valence-electron chi connectivity index (χ1n) is 11.6. The SMILES string of the molecule is COC(=O)[C@H]1CNCC[C@@H]1Nc1ccc2cnc(Nc3ccc(-n4ccc(CO)n4)cc3F)cc2n1. The number of piperidine rings is 1. The molecule has 11 heteroatoms. The molecule has 1 aliphatic heterocycles. The van der Waals surface area contributed by atoms with Crippen molar-refractivity contribution in [2.75, 3.05) is 30.8 Å². The third kappa shape index (κ3) is 4.97. The number of nitrogens with zero attached hydrogens (tertiary/aromatic N) is 4. The van der Waals surface area contributed by atoms with Crippen molar-refractivity contribution in [1.29, 1.82) is 0 Å². The van der Waals surface area contributed by atoms with Gasteiger partial charge in [0.15, 0.2) is 0 Å². The number of anilines is 3. The van der Waals surface area contributed by atoms with Crippen LogP contribution >= 0.6 is 0 Å². The van der Waals surface area contributed by atoms with Crippen molar-refractivity contribution in [2.45, 2.75) is 19.1 Å². The van der Waals surface area contributed by atoms with Crippen molar-refractivity contribution in [3.63, 3.8) is 0 Å². The highest BCUT2D eigenvalue weighted by Crippen LogP contribution is 2.25. The molecule has 1 aliphatic rings. The monoisotopic (exact) mass is 491 g/mol. The van der Waals surface area contributed by atoms with E-state index < -0.39 is 5.82 Å². The zero-order chi connectivity index (χ0) is 25.1. The number of hydrogen-bond acceptors (Lipinski definition) is 9. The molecule has 3 aromatic heterocycles. The van der Waals surface area contributed by atoms with Crippen molar-refractivity contribution in [3.05, 3.63) is 66.4 Å². The predicted octanol–water partition coefficient (Wildman–Crippen LogP) is 2.75. The molecule has 4 N–H and O–H groups in total. The van der Waals surface area contributed by atoms with Crippen molar-refractivity contribution >= 4 is 34.2 Å². The number of fused-ring (bicyclic) bond motifs is 1. The lowest BCUT2D eigenvalue weighted by Gasteiger charge is -2.31. The van der Waals surface area contributed by atoms with Gasteiger partial charge in [0.1, 0.15) is 17.5 Å². The molecule has 4 heterocycles. The zero-order valence-electron chi connectivity index (χ0n) is 19.6. The molecule has 1 fully saturated rings. The average Bonchev–Trinajstić information content (AvgIpc) is 3.39. The lowest BCUT2D eigenvalue weighted by Crippen LogP contribution is -2.48. The van der Waals surface area contributed by atoms with Gasteiger partial charge in [-0.15, -0.1) is 0 Å². The quantitative estimate of drug-likeness (QED) is 0.289. The normalized spacial score (nSPS) is 17.6. The molecule has 0 aliphatic carbocycles. The minimum Gasteiger partial charge on any atom is -0.469 e. The van der Waals surface area contributed by atoms with Gasteiger partial charge >= 0.3 is 5.97 Å². The highest BCUT2D eigenvalue weighted by atomic mass is 19.1. The maximum Gasteiger partial charge on any atom is 0.312 e. The summed E-state index contributed by atoms with van der Waals surface area (Å²) in [7, 11) is 1.39. The largest absolute Gasteiger partial charge is 0.469 e. The number of aliphatic hydroxyl groups excluding tert-OH is 1. The van der Waals surface area contributed by atoms with Crippen molar-refractivity contribution in [3.8, 4) is 5.69 Å². The van der Waals surface area contributed by atoms with Gasteiger partial charge < -0.3 is 25.8 Å². The number of rotatable bonds is 7. The first-order valence-corrected chi connectivity index (χ1v) is 11.6. The fraction of sp³-hybridized carbons (Fsp3) is 0.280. The summed E-state index contributed by atoms with van der Waals surface area (Å²) in [5.41, 5.74) is 1.96. The van der Waals surface area contributed by atoms with Crippen LogP contribution in [0.4, 0.5) is 21.7 Å². The van der Waals surface area contributed by atoms with Gasteiger partial charge in [0, 0.05) is 42.5 Å². The topological polar surface area (TPSA) is 126 Å². The number of nitrogens with one attached hydrogen (secondary N) is 3. The standard InChI is InChI=1S/C25H26FN7O3/c1-36-25(35)18-13-27-8-6-20(18)29-23-5-2-15-12-28-24(11-22(15)31-23)30-21-4-3-17(10-19(21)26)33-9-7-16(14-34)32-33/h2-5,7,9-12,18,20,27,34H,6,8,13-14H2,1H3,(H,28,30)(H,29,31)/t18-,20-/m0/s1. The van der Waals surface area contributed by atoms with Crippen molar-refractivity contribution in [1.82, 2.24) is 25.1 Å². The molecule has 0 spiro atoms. The Labute approximate surface area is 206 Å². The van der Waals surface area contributed by atoms with E-state index in [1.165, 1.54) is 17.9 Å². The van der Waals surface area contributed by atoms with Gasteiger partial charge in [-0.1, -0.05) is 0 Å². The Morgan fingerprint density at radius 3 is 2.92 bits per heavy atom. The van der Waals surface area contributed by atoms with Crippen molar-refractivity contribution in [2.24, 2.45) is 5.92 Å². The number of benzene rings is 1. The number of aromatic nitrogens is 4. The molecule has 5 rings (SSSR count). The van der Waals surface area contributed by atoms with Crippen LogP contribution in [0.5, 0.6) is 0 Å². The number of carbonyl (C=O) groups is 1. The third-order valence-electron chi connectivity index (χ3n) is 6.18. The number of hydrogen-bond donors (Lipinski definition) is 4. The molecule has 10 nitrogen and oxygen atoms in total. The van der Waals surface area contributed by atoms with E-state index in [0.29, 0.717) is 35.1 Å². The number of carbonyl (C=O) groups excluding carboxylic acids is 1. The van der Waals surface area contributed by atoms with Crippen LogP contribution < -0.4 is 16.0 Å². The van der Waals surface area contributed by atoms with E-state index in [1.807, 2.05) is 12.1 Å². The molecule has 0 amide bonds. The van der Waals surface area contributed by atoms with Gasteiger partial charge in [-0.05, 0) is 43.3 Å². The van der Waals surface area contributed by atoms with Crippen LogP contribution in [0.15, 0.2) is 54.9 Å². The highest BCUT2D eigenvalue weighted by Gasteiger charge is 2.31. The van der Waals surface area contributed by atoms with Crippen LogP contribution in [0, 0.1) is 11.7 Å². The molecule has 36 heavy (non-hydrogen) atoms. The zero-order valence-corrected chi connectivity index (χ0v) is 19.6. The molecule has 0 bridgehead atoms. The molecule has 1 aromatic carbocycles. The van der Waals surface area contributed by atoms with E-state index in [9.17, 15) is 14.3 Å². The molecular weight excluding hydrogens is 465 g/mol. The van der Waals surface area contributed by atoms with Crippen LogP contribution in [0.25, 0.3) is 16.6 Å². The smallest absolute Gasteiger partial charge is 0.312 e. The Balaban J connectivity index is 1.34. The number of aliphatic hydroxyl groups is 1. The average molecular weight is 492 g/mol. The molecule has 1 saturated heterocycles. The fourth-order valence-corrected chi connectivity index (χ4v) is 4.26.